The number of anilines is 1. The number of hydrogen-bond donors (Lipinski definition) is 1. The van der Waals surface area contributed by atoms with Gasteiger partial charge in [0.05, 0.1) is 18.3 Å². The summed E-state index contributed by atoms with van der Waals surface area (Å²) in [5, 5.41) is 4.61. The first-order chi connectivity index (χ1) is 12.4. The van der Waals surface area contributed by atoms with E-state index in [1.807, 2.05) is 6.07 Å². The number of aromatic nitrogens is 2. The summed E-state index contributed by atoms with van der Waals surface area (Å²) in [6, 6.07) is 13.6. The minimum atomic E-state index is -4.65. The van der Waals surface area contributed by atoms with E-state index < -0.39 is 12.0 Å². The van der Waals surface area contributed by atoms with E-state index in [1.54, 1.807) is 50.4 Å². The number of nitrogens with zero attached hydrogens (tertiary/aromatic N) is 3. The van der Waals surface area contributed by atoms with E-state index in [9.17, 15) is 13.2 Å². The Balaban J connectivity index is 1.99. The molecule has 26 heavy (non-hydrogen) atoms. The molecule has 134 valence electrons. The predicted molar refractivity (Wildman–Crippen MR) is 93.4 cm³/mol. The third-order valence-electron chi connectivity index (χ3n) is 3.67. The molecule has 0 unspecified atom stereocenters. The van der Waals surface area contributed by atoms with Gasteiger partial charge >= 0.3 is 6.18 Å². The van der Waals surface area contributed by atoms with Gasteiger partial charge in [-0.25, -0.2) is 9.97 Å². The number of fused-ring (bicyclic) bond motifs is 1. The normalized spacial score (nSPS) is 12.3. The Hall–Kier alpha value is -3.16. The summed E-state index contributed by atoms with van der Waals surface area (Å²) in [6.45, 7) is 1.73. The number of rotatable bonds is 4. The summed E-state index contributed by atoms with van der Waals surface area (Å²) in [6.07, 6.45) is -4.65. The second-order valence-corrected chi connectivity index (χ2v) is 5.45. The fraction of sp³-hybridized carbons (Fsp3) is 0.167. The van der Waals surface area contributed by atoms with Crippen LogP contribution in [0.4, 0.5) is 19.0 Å². The number of hydrazone groups is 1. The van der Waals surface area contributed by atoms with Crippen molar-refractivity contribution in [1.82, 2.24) is 9.97 Å². The Kier molecular flexibility index (Phi) is 4.75. The van der Waals surface area contributed by atoms with Gasteiger partial charge in [0.15, 0.2) is 5.82 Å². The van der Waals surface area contributed by atoms with Crippen LogP contribution in [-0.2, 0) is 6.18 Å². The maximum atomic E-state index is 13.0. The van der Waals surface area contributed by atoms with Gasteiger partial charge in [0.2, 0.25) is 5.82 Å². The molecule has 8 heteroatoms. The Morgan fingerprint density at radius 3 is 2.58 bits per heavy atom. The summed E-state index contributed by atoms with van der Waals surface area (Å²) in [7, 11) is 1.55. The standard InChI is InChI=1S/C18H15F3N4O/c1-11(12-6-5-7-13(10-12)26-2)24-25-16-14-8-3-4-9-15(14)22-17(23-16)18(19,20)21/h3-10H,1-2H3,(H,22,23,25)/b24-11-. The van der Waals surface area contributed by atoms with Crippen molar-refractivity contribution in [2.75, 3.05) is 12.5 Å². The molecule has 0 spiro atoms. The first-order valence-electron chi connectivity index (χ1n) is 7.67. The van der Waals surface area contributed by atoms with Crippen molar-refractivity contribution in [3.8, 4) is 5.75 Å². The fourth-order valence-electron chi connectivity index (χ4n) is 2.34. The largest absolute Gasteiger partial charge is 0.497 e. The molecule has 0 aliphatic carbocycles. The number of nitrogens with one attached hydrogen (secondary N) is 1. The highest BCUT2D eigenvalue weighted by atomic mass is 19.4. The summed E-state index contributed by atoms with van der Waals surface area (Å²) < 4.78 is 44.3. The number of ether oxygens (including phenoxy) is 1. The van der Waals surface area contributed by atoms with Crippen LogP contribution in [0.3, 0.4) is 0 Å². The minimum absolute atomic E-state index is 0.00910. The van der Waals surface area contributed by atoms with Crippen molar-refractivity contribution in [2.24, 2.45) is 5.10 Å². The summed E-state index contributed by atoms with van der Waals surface area (Å²) in [5.41, 5.74) is 4.16. The van der Waals surface area contributed by atoms with Crippen LogP contribution in [0, 0.1) is 0 Å². The van der Waals surface area contributed by atoms with Crippen LogP contribution in [-0.4, -0.2) is 22.8 Å². The minimum Gasteiger partial charge on any atom is -0.497 e. The fourth-order valence-corrected chi connectivity index (χ4v) is 2.34. The Bertz CT molecular complexity index is 970. The summed E-state index contributed by atoms with van der Waals surface area (Å²) in [4.78, 5) is 7.17. The average molecular weight is 360 g/mol. The molecule has 0 amide bonds. The zero-order valence-corrected chi connectivity index (χ0v) is 14.0. The number of hydrogen-bond acceptors (Lipinski definition) is 5. The number of halogens is 3. The molecule has 0 aliphatic rings. The lowest BCUT2D eigenvalue weighted by molar-refractivity contribution is -0.144. The number of methoxy groups -OCH3 is 1. The Morgan fingerprint density at radius 1 is 1.08 bits per heavy atom. The van der Waals surface area contributed by atoms with Crippen molar-refractivity contribution in [3.05, 3.63) is 59.9 Å². The van der Waals surface area contributed by atoms with Gasteiger partial charge in [-0.1, -0.05) is 24.3 Å². The van der Waals surface area contributed by atoms with E-state index in [1.165, 1.54) is 6.07 Å². The lowest BCUT2D eigenvalue weighted by Crippen LogP contribution is -2.13. The van der Waals surface area contributed by atoms with Gasteiger partial charge in [-0.3, -0.25) is 5.43 Å². The maximum Gasteiger partial charge on any atom is 0.451 e. The van der Waals surface area contributed by atoms with Crippen LogP contribution in [0.1, 0.15) is 18.3 Å². The van der Waals surface area contributed by atoms with Crippen molar-refractivity contribution in [3.63, 3.8) is 0 Å². The maximum absolute atomic E-state index is 13.0. The first-order valence-corrected chi connectivity index (χ1v) is 7.67. The second kappa shape index (κ2) is 6.99. The van der Waals surface area contributed by atoms with Gasteiger partial charge in [0, 0.05) is 10.9 Å². The number of alkyl halides is 3. The molecule has 1 aromatic heterocycles. The van der Waals surface area contributed by atoms with Crippen LogP contribution >= 0.6 is 0 Å². The molecule has 0 radical (unpaired) electrons. The molecule has 0 fully saturated rings. The van der Waals surface area contributed by atoms with Gasteiger partial charge in [-0.15, -0.1) is 0 Å². The third-order valence-corrected chi connectivity index (χ3v) is 3.67. The van der Waals surface area contributed by atoms with Crippen LogP contribution in [0.15, 0.2) is 53.6 Å². The van der Waals surface area contributed by atoms with E-state index >= 15 is 0 Å². The molecule has 1 N–H and O–H groups in total. The highest BCUT2D eigenvalue weighted by Gasteiger charge is 2.35. The van der Waals surface area contributed by atoms with E-state index in [0.717, 1.165) is 5.56 Å². The molecular formula is C18H15F3N4O. The molecular weight excluding hydrogens is 345 g/mol. The zero-order valence-electron chi connectivity index (χ0n) is 14.0. The SMILES string of the molecule is COc1cccc(/C(C)=N\Nc2nc(C(F)(F)F)nc3ccccc23)c1. The molecule has 0 aliphatic heterocycles. The topological polar surface area (TPSA) is 59.4 Å². The Morgan fingerprint density at radius 2 is 1.85 bits per heavy atom. The van der Waals surface area contributed by atoms with E-state index in [0.29, 0.717) is 16.8 Å². The smallest absolute Gasteiger partial charge is 0.451 e. The van der Waals surface area contributed by atoms with Gasteiger partial charge in [0.1, 0.15) is 5.75 Å². The van der Waals surface area contributed by atoms with Crippen molar-refractivity contribution < 1.29 is 17.9 Å². The van der Waals surface area contributed by atoms with Crippen molar-refractivity contribution >= 4 is 22.4 Å². The molecule has 3 rings (SSSR count). The van der Waals surface area contributed by atoms with Gasteiger partial charge in [0.25, 0.3) is 0 Å². The van der Waals surface area contributed by atoms with E-state index in [2.05, 4.69) is 20.5 Å². The Labute approximate surface area is 147 Å². The summed E-state index contributed by atoms with van der Waals surface area (Å²) in [5.74, 6) is -0.568. The number of benzene rings is 2. The first kappa shape index (κ1) is 17.7. The van der Waals surface area contributed by atoms with Crippen molar-refractivity contribution in [1.29, 1.82) is 0 Å². The monoisotopic (exact) mass is 360 g/mol. The van der Waals surface area contributed by atoms with Crippen molar-refractivity contribution in [2.45, 2.75) is 13.1 Å². The lowest BCUT2D eigenvalue weighted by Gasteiger charge is -2.10. The molecule has 0 atom stereocenters. The molecule has 3 aromatic rings. The molecule has 0 saturated carbocycles. The van der Waals surface area contributed by atoms with Crippen LogP contribution in [0.5, 0.6) is 5.75 Å². The molecule has 0 bridgehead atoms. The highest BCUT2D eigenvalue weighted by Crippen LogP contribution is 2.30. The zero-order chi connectivity index (χ0) is 18.7. The van der Waals surface area contributed by atoms with E-state index in [4.69, 9.17) is 4.74 Å². The summed E-state index contributed by atoms with van der Waals surface area (Å²) >= 11 is 0. The van der Waals surface area contributed by atoms with Gasteiger partial charge in [-0.05, 0) is 31.2 Å². The van der Waals surface area contributed by atoms with Crippen LogP contribution < -0.4 is 10.2 Å². The second-order valence-electron chi connectivity index (χ2n) is 5.45. The van der Waals surface area contributed by atoms with E-state index in [-0.39, 0.29) is 11.3 Å². The van der Waals surface area contributed by atoms with Crippen LogP contribution in [0.25, 0.3) is 10.9 Å². The number of para-hydroxylation sites is 1. The molecule has 5 nitrogen and oxygen atoms in total. The average Bonchev–Trinajstić information content (AvgIpc) is 2.64. The van der Waals surface area contributed by atoms with Gasteiger partial charge in [-0.2, -0.15) is 18.3 Å². The molecule has 2 aromatic carbocycles. The molecule has 0 saturated heterocycles. The lowest BCUT2D eigenvalue weighted by atomic mass is 10.1. The van der Waals surface area contributed by atoms with Gasteiger partial charge < -0.3 is 4.74 Å². The van der Waals surface area contributed by atoms with Crippen LogP contribution in [0.2, 0.25) is 0 Å². The highest BCUT2D eigenvalue weighted by molar-refractivity contribution is 6.00. The molecule has 1 heterocycles. The quantitative estimate of drug-likeness (QED) is 0.550. The third kappa shape index (κ3) is 3.74. The predicted octanol–water partition coefficient (Wildman–Crippen LogP) is 4.49.